The molecule has 1 atom stereocenters. The van der Waals surface area contributed by atoms with Crippen LogP contribution in [0.1, 0.15) is 12.8 Å². The minimum atomic E-state index is -3.89. The zero-order chi connectivity index (χ0) is 15.8. The molecule has 1 unspecified atom stereocenters. The third-order valence-electron chi connectivity index (χ3n) is 3.70. The second-order valence-corrected chi connectivity index (χ2v) is 7.07. The van der Waals surface area contributed by atoms with Gasteiger partial charge in [0.2, 0.25) is 10.0 Å². The Morgan fingerprint density at radius 3 is 2.62 bits per heavy atom. The lowest BCUT2D eigenvalue weighted by atomic mass is 10.2. The maximum absolute atomic E-state index is 12.5. The van der Waals surface area contributed by atoms with Crippen molar-refractivity contribution in [1.29, 1.82) is 0 Å². The minimum absolute atomic E-state index is 0.195. The molecule has 0 saturated heterocycles. The molecule has 0 amide bonds. The average Bonchev–Trinajstić information content (AvgIpc) is 3.24. The van der Waals surface area contributed by atoms with Gasteiger partial charge in [0, 0.05) is 25.7 Å². The number of aromatic hydroxyl groups is 1. The van der Waals surface area contributed by atoms with Gasteiger partial charge in [-0.05, 0) is 30.9 Å². The van der Waals surface area contributed by atoms with Crippen LogP contribution >= 0.6 is 0 Å². The first kappa shape index (κ1) is 15.7. The summed E-state index contributed by atoms with van der Waals surface area (Å²) in [6.07, 6.45) is 1.86. The molecule has 3 N–H and O–H groups in total. The second kappa shape index (κ2) is 5.58. The summed E-state index contributed by atoms with van der Waals surface area (Å²) in [7, 11) is -2.47. The minimum Gasteiger partial charge on any atom is -0.502 e. The SMILES string of the molecule is CN(C(CN)C1CC1)S(=O)(=O)c1ccc(O)c([N+](=O)[O-])c1. The first-order chi connectivity index (χ1) is 9.78. The molecular formula is C12H17N3O5S. The number of phenolic OH excluding ortho intramolecular Hbond substituents is 1. The third kappa shape index (κ3) is 2.99. The van der Waals surface area contributed by atoms with E-state index in [-0.39, 0.29) is 23.4 Å². The number of benzene rings is 1. The molecular weight excluding hydrogens is 298 g/mol. The highest BCUT2D eigenvalue weighted by atomic mass is 32.2. The molecule has 0 spiro atoms. The number of nitro benzene ring substituents is 1. The van der Waals surface area contributed by atoms with E-state index in [2.05, 4.69) is 0 Å². The zero-order valence-electron chi connectivity index (χ0n) is 11.5. The summed E-state index contributed by atoms with van der Waals surface area (Å²) < 4.78 is 26.2. The van der Waals surface area contributed by atoms with Crippen molar-refractivity contribution in [1.82, 2.24) is 4.31 Å². The molecule has 1 aliphatic carbocycles. The van der Waals surface area contributed by atoms with Crippen molar-refractivity contribution in [2.45, 2.75) is 23.8 Å². The van der Waals surface area contributed by atoms with Crippen molar-refractivity contribution in [3.8, 4) is 5.75 Å². The Balaban J connectivity index is 2.39. The molecule has 1 aliphatic rings. The predicted octanol–water partition coefficient (Wildman–Crippen LogP) is 0.658. The molecule has 1 aromatic carbocycles. The van der Waals surface area contributed by atoms with Gasteiger partial charge in [-0.1, -0.05) is 0 Å². The number of rotatable bonds is 6. The van der Waals surface area contributed by atoms with Crippen LogP contribution in [-0.4, -0.2) is 42.4 Å². The lowest BCUT2D eigenvalue weighted by Crippen LogP contribution is -2.43. The number of sulfonamides is 1. The predicted molar refractivity (Wildman–Crippen MR) is 75.3 cm³/mol. The highest BCUT2D eigenvalue weighted by Crippen LogP contribution is 2.37. The van der Waals surface area contributed by atoms with Gasteiger partial charge in [0.25, 0.3) is 0 Å². The molecule has 2 rings (SSSR count). The molecule has 0 aliphatic heterocycles. The number of likely N-dealkylation sites (N-methyl/N-ethyl adjacent to an activating group) is 1. The Labute approximate surface area is 122 Å². The van der Waals surface area contributed by atoms with E-state index in [0.29, 0.717) is 0 Å². The number of hydrogen-bond acceptors (Lipinski definition) is 6. The molecule has 1 saturated carbocycles. The van der Waals surface area contributed by atoms with Gasteiger partial charge >= 0.3 is 5.69 Å². The van der Waals surface area contributed by atoms with Gasteiger partial charge in [-0.15, -0.1) is 0 Å². The first-order valence-electron chi connectivity index (χ1n) is 6.44. The Bertz CT molecular complexity index is 657. The van der Waals surface area contributed by atoms with Crippen molar-refractivity contribution in [3.63, 3.8) is 0 Å². The van der Waals surface area contributed by atoms with E-state index in [4.69, 9.17) is 5.73 Å². The highest BCUT2D eigenvalue weighted by Gasteiger charge is 2.38. The Morgan fingerprint density at radius 1 is 1.52 bits per heavy atom. The van der Waals surface area contributed by atoms with Crippen LogP contribution in [0, 0.1) is 16.0 Å². The van der Waals surface area contributed by atoms with Crippen LogP contribution < -0.4 is 5.73 Å². The fraction of sp³-hybridized carbons (Fsp3) is 0.500. The molecule has 8 nitrogen and oxygen atoms in total. The van der Waals surface area contributed by atoms with Crippen LogP contribution in [0.15, 0.2) is 23.1 Å². The van der Waals surface area contributed by atoms with Crippen molar-refractivity contribution >= 4 is 15.7 Å². The van der Waals surface area contributed by atoms with Gasteiger partial charge in [0.1, 0.15) is 0 Å². The lowest BCUT2D eigenvalue weighted by molar-refractivity contribution is -0.386. The molecule has 0 radical (unpaired) electrons. The van der Waals surface area contributed by atoms with E-state index in [1.807, 2.05) is 0 Å². The van der Waals surface area contributed by atoms with Crippen LogP contribution in [0.25, 0.3) is 0 Å². The van der Waals surface area contributed by atoms with E-state index in [0.717, 1.165) is 31.0 Å². The largest absolute Gasteiger partial charge is 0.502 e. The smallest absolute Gasteiger partial charge is 0.312 e. The van der Waals surface area contributed by atoms with Gasteiger partial charge in [-0.2, -0.15) is 4.31 Å². The van der Waals surface area contributed by atoms with Gasteiger partial charge in [-0.3, -0.25) is 10.1 Å². The fourth-order valence-electron chi connectivity index (χ4n) is 2.27. The normalized spacial score (nSPS) is 16.9. The zero-order valence-corrected chi connectivity index (χ0v) is 12.3. The van der Waals surface area contributed by atoms with Crippen LogP contribution in [0.3, 0.4) is 0 Å². The number of nitrogens with two attached hydrogens (primary N) is 1. The maximum atomic E-state index is 12.5. The molecule has 21 heavy (non-hydrogen) atoms. The molecule has 1 aromatic rings. The van der Waals surface area contributed by atoms with Gasteiger partial charge in [-0.25, -0.2) is 8.42 Å². The monoisotopic (exact) mass is 315 g/mol. The summed E-state index contributed by atoms with van der Waals surface area (Å²) in [5, 5.41) is 20.2. The second-order valence-electron chi connectivity index (χ2n) is 5.07. The highest BCUT2D eigenvalue weighted by molar-refractivity contribution is 7.89. The van der Waals surface area contributed by atoms with Crippen molar-refractivity contribution in [2.24, 2.45) is 11.7 Å². The Morgan fingerprint density at radius 2 is 2.14 bits per heavy atom. The summed E-state index contributed by atoms with van der Waals surface area (Å²) in [5.74, 6) is -0.332. The molecule has 0 aromatic heterocycles. The molecule has 116 valence electrons. The van der Waals surface area contributed by atoms with E-state index < -0.39 is 26.4 Å². The summed E-state index contributed by atoms with van der Waals surface area (Å²) in [6.45, 7) is 0.195. The van der Waals surface area contributed by atoms with E-state index >= 15 is 0 Å². The summed E-state index contributed by atoms with van der Waals surface area (Å²) in [6, 6.07) is 2.70. The van der Waals surface area contributed by atoms with E-state index in [1.165, 1.54) is 11.4 Å². The Kier molecular flexibility index (Phi) is 4.17. The van der Waals surface area contributed by atoms with Gasteiger partial charge in [0.05, 0.1) is 9.82 Å². The van der Waals surface area contributed by atoms with Crippen LogP contribution in [0.4, 0.5) is 5.69 Å². The van der Waals surface area contributed by atoms with Gasteiger partial charge < -0.3 is 10.8 Å². The summed E-state index contributed by atoms with van der Waals surface area (Å²) >= 11 is 0. The number of phenols is 1. The van der Waals surface area contributed by atoms with Gasteiger partial charge in [0.15, 0.2) is 5.75 Å². The first-order valence-corrected chi connectivity index (χ1v) is 7.88. The lowest BCUT2D eigenvalue weighted by Gasteiger charge is -2.26. The molecule has 1 fully saturated rings. The van der Waals surface area contributed by atoms with E-state index in [1.54, 1.807) is 0 Å². The third-order valence-corrected chi connectivity index (χ3v) is 5.57. The Hall–Kier alpha value is -1.71. The maximum Gasteiger partial charge on any atom is 0.312 e. The van der Waals surface area contributed by atoms with Crippen molar-refractivity contribution < 1.29 is 18.4 Å². The van der Waals surface area contributed by atoms with Crippen molar-refractivity contribution in [3.05, 3.63) is 28.3 Å². The van der Waals surface area contributed by atoms with Crippen LogP contribution in [-0.2, 0) is 10.0 Å². The molecule has 0 heterocycles. The van der Waals surface area contributed by atoms with E-state index in [9.17, 15) is 23.6 Å². The summed E-state index contributed by atoms with van der Waals surface area (Å²) in [4.78, 5) is 9.74. The number of nitro groups is 1. The quantitative estimate of drug-likeness (QED) is 0.586. The fourth-order valence-corrected chi connectivity index (χ4v) is 3.72. The topological polar surface area (TPSA) is 127 Å². The number of nitrogens with zero attached hydrogens (tertiary/aromatic N) is 2. The van der Waals surface area contributed by atoms with Crippen LogP contribution in [0.2, 0.25) is 0 Å². The standard InChI is InChI=1S/C12H17N3O5S/c1-14(11(7-13)8-2-3-8)21(19,20)9-4-5-12(16)10(6-9)15(17)18/h4-6,8,11,16H,2-3,7,13H2,1H3. The summed E-state index contributed by atoms with van der Waals surface area (Å²) in [5.41, 5.74) is 5.00. The number of hydrogen-bond donors (Lipinski definition) is 2. The van der Waals surface area contributed by atoms with Crippen LogP contribution in [0.5, 0.6) is 5.75 Å². The van der Waals surface area contributed by atoms with Crippen molar-refractivity contribution in [2.75, 3.05) is 13.6 Å². The molecule has 0 bridgehead atoms. The average molecular weight is 315 g/mol. The molecule has 9 heteroatoms.